The standard InChI is InChI=1S/C27H29ClN4O/c1-19-5-4-6-22(13-19)26-17-31(18-27(3,33)23-9-10-30-20(2)14-23)11-12-32(26)25-8-7-21(16-29)15-24(25)28/h4-10,13-15,26,33H,11-12,17-18H2,1-3H3/t26-,27+/m0/s1. The number of β-amino-alcohol motifs (C(OH)–C–C–N with tert-alkyl or cyclic N) is 1. The number of rotatable bonds is 5. The maximum atomic E-state index is 11.3. The number of halogens is 1. The molecule has 1 saturated heterocycles. The van der Waals surface area contributed by atoms with Crippen LogP contribution in [0.2, 0.25) is 5.02 Å². The van der Waals surface area contributed by atoms with Crippen molar-refractivity contribution in [2.45, 2.75) is 32.4 Å². The first kappa shape index (κ1) is 23.3. The van der Waals surface area contributed by atoms with Crippen LogP contribution < -0.4 is 4.90 Å². The van der Waals surface area contributed by atoms with Gasteiger partial charge in [0.2, 0.25) is 0 Å². The van der Waals surface area contributed by atoms with Crippen molar-refractivity contribution >= 4 is 17.3 Å². The lowest BCUT2D eigenvalue weighted by Crippen LogP contribution is -2.52. The second-order valence-corrected chi connectivity index (χ2v) is 9.50. The topological polar surface area (TPSA) is 63.4 Å². The van der Waals surface area contributed by atoms with Gasteiger partial charge in [0.15, 0.2) is 0 Å². The fourth-order valence-electron chi connectivity index (χ4n) is 4.65. The van der Waals surface area contributed by atoms with Gasteiger partial charge < -0.3 is 10.0 Å². The van der Waals surface area contributed by atoms with Crippen molar-refractivity contribution in [3.63, 3.8) is 0 Å². The summed E-state index contributed by atoms with van der Waals surface area (Å²) < 4.78 is 0. The molecule has 6 heteroatoms. The summed E-state index contributed by atoms with van der Waals surface area (Å²) in [6.07, 6.45) is 1.75. The molecule has 170 valence electrons. The molecule has 2 heterocycles. The number of hydrogen-bond donors (Lipinski definition) is 1. The molecule has 0 amide bonds. The molecular weight excluding hydrogens is 432 g/mol. The molecule has 0 saturated carbocycles. The molecular formula is C27H29ClN4O. The van der Waals surface area contributed by atoms with E-state index in [1.807, 2.05) is 38.1 Å². The van der Waals surface area contributed by atoms with E-state index < -0.39 is 5.60 Å². The number of hydrogen-bond acceptors (Lipinski definition) is 5. The lowest BCUT2D eigenvalue weighted by atomic mass is 9.93. The van der Waals surface area contributed by atoms with Gasteiger partial charge in [-0.15, -0.1) is 0 Å². The van der Waals surface area contributed by atoms with Gasteiger partial charge in [0.05, 0.1) is 34.0 Å². The third-order valence-corrected chi connectivity index (χ3v) is 6.63. The maximum Gasteiger partial charge on any atom is 0.0996 e. The van der Waals surface area contributed by atoms with Gasteiger partial charge in [-0.1, -0.05) is 41.4 Å². The SMILES string of the molecule is Cc1cccc([C@@H]2CN(C[C@@](C)(O)c3ccnc(C)c3)CCN2c2ccc(C#N)cc2Cl)c1. The van der Waals surface area contributed by atoms with Crippen molar-refractivity contribution in [3.05, 3.63) is 93.8 Å². The predicted octanol–water partition coefficient (Wildman–Crippen LogP) is 4.99. The zero-order valence-electron chi connectivity index (χ0n) is 19.3. The van der Waals surface area contributed by atoms with E-state index in [2.05, 4.69) is 52.0 Å². The third kappa shape index (κ3) is 5.20. The summed E-state index contributed by atoms with van der Waals surface area (Å²) in [6, 6.07) is 20.1. The summed E-state index contributed by atoms with van der Waals surface area (Å²) in [4.78, 5) is 8.90. The van der Waals surface area contributed by atoms with Crippen LogP contribution in [-0.4, -0.2) is 41.2 Å². The molecule has 1 N–H and O–H groups in total. The third-order valence-electron chi connectivity index (χ3n) is 6.33. The van der Waals surface area contributed by atoms with E-state index in [1.54, 1.807) is 12.3 Å². The van der Waals surface area contributed by atoms with Crippen molar-refractivity contribution < 1.29 is 5.11 Å². The number of benzene rings is 2. The van der Waals surface area contributed by atoms with Crippen LogP contribution in [0.3, 0.4) is 0 Å². The van der Waals surface area contributed by atoms with Crippen LogP contribution in [0.1, 0.15) is 40.9 Å². The highest BCUT2D eigenvalue weighted by Crippen LogP contribution is 2.36. The number of anilines is 1. The minimum absolute atomic E-state index is 0.0686. The molecule has 4 rings (SSSR count). The Morgan fingerprint density at radius 1 is 1.15 bits per heavy atom. The van der Waals surface area contributed by atoms with Gasteiger partial charge in [0, 0.05) is 38.1 Å². The van der Waals surface area contributed by atoms with Crippen LogP contribution >= 0.6 is 11.6 Å². The Morgan fingerprint density at radius 2 is 1.97 bits per heavy atom. The second kappa shape index (κ2) is 9.52. The Balaban J connectivity index is 1.63. The zero-order valence-corrected chi connectivity index (χ0v) is 20.0. The number of pyridine rings is 1. The number of nitrogens with zero attached hydrogens (tertiary/aromatic N) is 4. The number of aliphatic hydroxyl groups is 1. The van der Waals surface area contributed by atoms with E-state index in [4.69, 9.17) is 11.6 Å². The fraction of sp³-hybridized carbons (Fsp3) is 0.333. The smallest absolute Gasteiger partial charge is 0.0996 e. The molecule has 3 aromatic rings. The molecule has 0 bridgehead atoms. The van der Waals surface area contributed by atoms with Crippen LogP contribution in [0.4, 0.5) is 5.69 Å². The van der Waals surface area contributed by atoms with Crippen molar-refractivity contribution in [1.82, 2.24) is 9.88 Å². The van der Waals surface area contributed by atoms with Crippen molar-refractivity contribution in [2.75, 3.05) is 31.1 Å². The highest BCUT2D eigenvalue weighted by atomic mass is 35.5. The molecule has 0 radical (unpaired) electrons. The maximum absolute atomic E-state index is 11.3. The highest BCUT2D eigenvalue weighted by Gasteiger charge is 2.34. The zero-order chi connectivity index (χ0) is 23.6. The minimum Gasteiger partial charge on any atom is -0.384 e. The Bertz CT molecular complexity index is 1190. The monoisotopic (exact) mass is 460 g/mol. The van der Waals surface area contributed by atoms with Gasteiger partial charge in [-0.2, -0.15) is 5.26 Å². The van der Waals surface area contributed by atoms with Gasteiger partial charge in [0.25, 0.3) is 0 Å². The van der Waals surface area contributed by atoms with E-state index in [0.29, 0.717) is 17.1 Å². The summed E-state index contributed by atoms with van der Waals surface area (Å²) >= 11 is 6.61. The minimum atomic E-state index is -0.987. The Kier molecular flexibility index (Phi) is 6.71. The lowest BCUT2D eigenvalue weighted by molar-refractivity contribution is 0.0102. The molecule has 2 atom stereocenters. The Morgan fingerprint density at radius 3 is 2.67 bits per heavy atom. The van der Waals surface area contributed by atoms with Gasteiger partial charge in [-0.3, -0.25) is 9.88 Å². The second-order valence-electron chi connectivity index (χ2n) is 9.10. The number of nitriles is 1. The first-order valence-electron chi connectivity index (χ1n) is 11.2. The molecule has 2 aromatic carbocycles. The summed E-state index contributed by atoms with van der Waals surface area (Å²) in [5, 5.41) is 21.1. The van der Waals surface area contributed by atoms with Crippen LogP contribution in [-0.2, 0) is 5.60 Å². The Hall–Kier alpha value is -2.91. The molecule has 5 nitrogen and oxygen atoms in total. The average molecular weight is 461 g/mol. The number of piperazine rings is 1. The fourth-order valence-corrected chi connectivity index (χ4v) is 4.94. The largest absolute Gasteiger partial charge is 0.384 e. The predicted molar refractivity (Wildman–Crippen MR) is 132 cm³/mol. The van der Waals surface area contributed by atoms with E-state index in [-0.39, 0.29) is 6.04 Å². The van der Waals surface area contributed by atoms with Crippen LogP contribution in [0.15, 0.2) is 60.8 Å². The molecule has 1 aromatic heterocycles. The first-order chi connectivity index (χ1) is 15.8. The van der Waals surface area contributed by atoms with E-state index in [0.717, 1.165) is 36.6 Å². The van der Waals surface area contributed by atoms with Crippen molar-refractivity contribution in [2.24, 2.45) is 0 Å². The van der Waals surface area contributed by atoms with Crippen LogP contribution in [0, 0.1) is 25.2 Å². The Labute approximate surface area is 200 Å². The van der Waals surface area contributed by atoms with Crippen LogP contribution in [0.5, 0.6) is 0 Å². The summed E-state index contributed by atoms with van der Waals surface area (Å²) in [7, 11) is 0. The lowest BCUT2D eigenvalue weighted by Gasteiger charge is -2.45. The van der Waals surface area contributed by atoms with Crippen molar-refractivity contribution in [3.8, 4) is 6.07 Å². The van der Waals surface area contributed by atoms with Gasteiger partial charge in [0.1, 0.15) is 0 Å². The number of aromatic nitrogens is 1. The summed E-state index contributed by atoms with van der Waals surface area (Å²) in [5.41, 5.74) is 4.68. The quantitative estimate of drug-likeness (QED) is 0.580. The van der Waals surface area contributed by atoms with E-state index in [9.17, 15) is 10.4 Å². The molecule has 0 spiro atoms. The van der Waals surface area contributed by atoms with E-state index >= 15 is 0 Å². The van der Waals surface area contributed by atoms with Crippen LogP contribution in [0.25, 0.3) is 0 Å². The molecule has 0 aliphatic carbocycles. The van der Waals surface area contributed by atoms with Gasteiger partial charge in [-0.05, 0) is 62.2 Å². The average Bonchev–Trinajstić information content (AvgIpc) is 2.79. The van der Waals surface area contributed by atoms with Gasteiger partial charge >= 0.3 is 0 Å². The molecule has 0 unspecified atom stereocenters. The first-order valence-corrected chi connectivity index (χ1v) is 11.6. The molecule has 1 fully saturated rings. The summed E-state index contributed by atoms with van der Waals surface area (Å²) in [6.45, 7) is 8.72. The molecule has 33 heavy (non-hydrogen) atoms. The van der Waals surface area contributed by atoms with Gasteiger partial charge in [-0.25, -0.2) is 0 Å². The van der Waals surface area contributed by atoms with E-state index in [1.165, 1.54) is 11.1 Å². The number of aryl methyl sites for hydroxylation is 2. The molecule has 1 aliphatic heterocycles. The summed E-state index contributed by atoms with van der Waals surface area (Å²) in [5.74, 6) is 0. The van der Waals surface area contributed by atoms with Crippen molar-refractivity contribution in [1.29, 1.82) is 5.26 Å². The highest BCUT2D eigenvalue weighted by molar-refractivity contribution is 6.33. The normalized spacial score (nSPS) is 18.5. The molecule has 1 aliphatic rings.